The second-order valence-corrected chi connectivity index (χ2v) is 14.0. The number of nitrogens with two attached hydrogens (primary N) is 2. The zero-order valence-electron chi connectivity index (χ0n) is 29.0. The zero-order chi connectivity index (χ0) is 34.9. The third-order valence-electron chi connectivity index (χ3n) is 10.3. The summed E-state index contributed by atoms with van der Waals surface area (Å²) in [6, 6.07) is 10.3. The molecule has 0 saturated carbocycles. The largest absolute Gasteiger partial charge is 0.493 e. The number of benzene rings is 2. The third kappa shape index (κ3) is 9.83. The van der Waals surface area contributed by atoms with Gasteiger partial charge in [0.15, 0.2) is 0 Å². The highest BCUT2D eigenvalue weighted by molar-refractivity contribution is 6.30. The second kappa shape index (κ2) is 17.8. The summed E-state index contributed by atoms with van der Waals surface area (Å²) in [7, 11) is 1.79. The van der Waals surface area contributed by atoms with E-state index in [9.17, 15) is 14.0 Å². The molecule has 2 amide bonds. The number of rotatable bonds is 14. The summed E-state index contributed by atoms with van der Waals surface area (Å²) in [5.74, 6) is 0.554. The maximum Gasteiger partial charge on any atom is 0.239 e. The molecule has 3 aliphatic heterocycles. The maximum atomic E-state index is 14.6. The lowest BCUT2D eigenvalue weighted by Gasteiger charge is -2.39. The Labute approximate surface area is 295 Å². The monoisotopic (exact) mass is 700 g/mol. The molecule has 3 fully saturated rings. The molecule has 3 aliphatic rings. The number of likely N-dealkylation sites (tertiary alicyclic amines) is 1. The summed E-state index contributed by atoms with van der Waals surface area (Å²) in [6.07, 6.45) is 3.30. The minimum atomic E-state index is -0.514. The van der Waals surface area contributed by atoms with E-state index in [2.05, 4.69) is 20.4 Å². The number of hydrogen-bond acceptors (Lipinski definition) is 9. The number of nitrogens with zero attached hydrogens (tertiary/aromatic N) is 4. The van der Waals surface area contributed by atoms with Crippen molar-refractivity contribution in [1.29, 1.82) is 0 Å². The molecule has 3 atom stereocenters. The minimum absolute atomic E-state index is 0.0185. The van der Waals surface area contributed by atoms with Crippen molar-refractivity contribution in [3.63, 3.8) is 0 Å². The van der Waals surface area contributed by atoms with Gasteiger partial charge in [-0.2, -0.15) is 0 Å². The first-order valence-electron chi connectivity index (χ1n) is 17.8. The third-order valence-corrected chi connectivity index (χ3v) is 10.5. The van der Waals surface area contributed by atoms with E-state index in [-0.39, 0.29) is 35.6 Å². The molecule has 0 bridgehead atoms. The van der Waals surface area contributed by atoms with Crippen LogP contribution in [0.15, 0.2) is 36.4 Å². The SMILES string of the molecule is CCOc1cccc(F)c1CN1CCN(C(=O)[C@H](N)C2CCN(CCc3cc(Cl)ccc3N[C@H]3CN[C@H](C(=O)N(C)CCN)C3)CC2)CC1. The van der Waals surface area contributed by atoms with Crippen LogP contribution in [0.5, 0.6) is 5.75 Å². The minimum Gasteiger partial charge on any atom is -0.493 e. The molecule has 270 valence electrons. The standard InChI is InChI=1S/C36H54ClFN8O3/c1-3-49-33-6-4-5-30(38)29(33)24-45-17-19-46(20-18-45)36(48)34(40)25-9-13-44(14-10-25)15-11-26-21-27(37)7-8-31(26)42-28-22-32(41-23-28)35(47)43(2)16-12-39/h4-8,21,25,28,32,34,41-42H,3,9-20,22-24,39-40H2,1-2H3/t28-,32+,34-/m1/s1. The van der Waals surface area contributed by atoms with E-state index in [1.165, 1.54) is 6.07 Å². The van der Waals surface area contributed by atoms with Crippen LogP contribution in [0.4, 0.5) is 10.1 Å². The maximum absolute atomic E-state index is 14.6. The molecule has 0 spiro atoms. The number of carbonyl (C=O) groups excluding carboxylic acids is 2. The van der Waals surface area contributed by atoms with Crippen LogP contribution in [0, 0.1) is 11.7 Å². The number of piperidine rings is 1. The highest BCUT2D eigenvalue weighted by Crippen LogP contribution is 2.27. The van der Waals surface area contributed by atoms with Crippen molar-refractivity contribution < 1.29 is 18.7 Å². The summed E-state index contributed by atoms with van der Waals surface area (Å²) in [5.41, 5.74) is 15.0. The predicted molar refractivity (Wildman–Crippen MR) is 192 cm³/mol. The number of halogens is 2. The Hall–Kier alpha value is -3.00. The average Bonchev–Trinajstić information content (AvgIpc) is 3.58. The Morgan fingerprint density at radius 1 is 1.12 bits per heavy atom. The first-order valence-corrected chi connectivity index (χ1v) is 18.2. The van der Waals surface area contributed by atoms with Crippen molar-refractivity contribution >= 4 is 29.1 Å². The molecule has 3 saturated heterocycles. The molecule has 0 radical (unpaired) electrons. The van der Waals surface area contributed by atoms with Crippen molar-refractivity contribution in [1.82, 2.24) is 24.9 Å². The van der Waals surface area contributed by atoms with Crippen LogP contribution < -0.4 is 26.8 Å². The van der Waals surface area contributed by atoms with Crippen molar-refractivity contribution in [2.24, 2.45) is 17.4 Å². The number of hydrogen-bond donors (Lipinski definition) is 4. The first kappa shape index (κ1) is 37.3. The summed E-state index contributed by atoms with van der Waals surface area (Å²) in [6.45, 7) is 9.68. The van der Waals surface area contributed by atoms with Crippen LogP contribution >= 0.6 is 11.6 Å². The van der Waals surface area contributed by atoms with Gasteiger partial charge >= 0.3 is 0 Å². The van der Waals surface area contributed by atoms with E-state index in [1.807, 2.05) is 30.0 Å². The quantitative estimate of drug-likeness (QED) is 0.235. The van der Waals surface area contributed by atoms with Crippen LogP contribution in [-0.2, 0) is 22.6 Å². The number of nitrogens with one attached hydrogen (secondary N) is 2. The fourth-order valence-electron chi connectivity index (χ4n) is 7.29. The van der Waals surface area contributed by atoms with E-state index in [1.54, 1.807) is 24.1 Å². The lowest BCUT2D eigenvalue weighted by atomic mass is 9.88. The summed E-state index contributed by atoms with van der Waals surface area (Å²) in [5, 5.41) is 7.71. The van der Waals surface area contributed by atoms with Gasteiger partial charge in [-0.3, -0.25) is 14.5 Å². The number of ether oxygens (including phenoxy) is 1. The fourth-order valence-corrected chi connectivity index (χ4v) is 7.49. The van der Waals surface area contributed by atoms with Crippen LogP contribution in [0.25, 0.3) is 0 Å². The Morgan fingerprint density at radius 2 is 1.88 bits per heavy atom. The molecule has 49 heavy (non-hydrogen) atoms. The number of anilines is 1. The summed E-state index contributed by atoms with van der Waals surface area (Å²) in [4.78, 5) is 34.3. The number of likely N-dealkylation sites (N-methyl/N-ethyl adjacent to an activating group) is 1. The van der Waals surface area contributed by atoms with E-state index in [4.69, 9.17) is 27.8 Å². The highest BCUT2D eigenvalue weighted by atomic mass is 35.5. The van der Waals surface area contributed by atoms with Crippen LogP contribution in [0.2, 0.25) is 5.02 Å². The molecule has 2 aromatic carbocycles. The Kier molecular flexibility index (Phi) is 13.5. The topological polar surface area (TPSA) is 132 Å². The fraction of sp³-hybridized carbons (Fsp3) is 0.611. The van der Waals surface area contributed by atoms with Gasteiger partial charge in [0.25, 0.3) is 0 Å². The van der Waals surface area contributed by atoms with Gasteiger partial charge in [-0.25, -0.2) is 4.39 Å². The van der Waals surface area contributed by atoms with E-state index >= 15 is 0 Å². The van der Waals surface area contributed by atoms with Crippen LogP contribution in [0.3, 0.4) is 0 Å². The Morgan fingerprint density at radius 3 is 2.59 bits per heavy atom. The molecule has 0 unspecified atom stereocenters. The smallest absolute Gasteiger partial charge is 0.239 e. The van der Waals surface area contributed by atoms with E-state index < -0.39 is 6.04 Å². The molecule has 11 nitrogen and oxygen atoms in total. The second-order valence-electron chi connectivity index (χ2n) is 13.6. The Balaban J connectivity index is 1.05. The summed E-state index contributed by atoms with van der Waals surface area (Å²) >= 11 is 6.41. The van der Waals surface area contributed by atoms with Gasteiger partial charge in [0.1, 0.15) is 11.6 Å². The zero-order valence-corrected chi connectivity index (χ0v) is 29.8. The molecular formula is C36H54ClFN8O3. The normalized spacial score (nSPS) is 21.5. The van der Waals surface area contributed by atoms with E-state index in [0.29, 0.717) is 81.7 Å². The van der Waals surface area contributed by atoms with Gasteiger partial charge in [0.2, 0.25) is 11.8 Å². The first-order chi connectivity index (χ1) is 23.7. The molecular weight excluding hydrogens is 647 g/mol. The van der Waals surface area contributed by atoms with Crippen molar-refractivity contribution in [2.75, 3.05) is 84.4 Å². The van der Waals surface area contributed by atoms with Crippen molar-refractivity contribution in [2.45, 2.75) is 57.3 Å². The molecule has 6 N–H and O–H groups in total. The van der Waals surface area contributed by atoms with Crippen LogP contribution in [0.1, 0.15) is 37.3 Å². The van der Waals surface area contributed by atoms with Gasteiger partial charge in [-0.1, -0.05) is 17.7 Å². The average molecular weight is 701 g/mol. The van der Waals surface area contributed by atoms with Gasteiger partial charge in [0, 0.05) is 88.3 Å². The van der Waals surface area contributed by atoms with Gasteiger partial charge < -0.3 is 41.5 Å². The molecule has 0 aliphatic carbocycles. The van der Waals surface area contributed by atoms with Gasteiger partial charge in [-0.15, -0.1) is 0 Å². The van der Waals surface area contributed by atoms with Crippen molar-refractivity contribution in [3.8, 4) is 5.75 Å². The van der Waals surface area contributed by atoms with Crippen LogP contribution in [-0.4, -0.2) is 129 Å². The molecule has 3 heterocycles. The lowest BCUT2D eigenvalue weighted by molar-refractivity contribution is -0.136. The number of piperazine rings is 1. The number of carbonyl (C=O) groups is 2. The molecule has 0 aromatic heterocycles. The molecule has 5 rings (SSSR count). The lowest BCUT2D eigenvalue weighted by Crippen LogP contribution is -2.55. The molecule has 13 heteroatoms. The van der Waals surface area contributed by atoms with Gasteiger partial charge in [0.05, 0.1) is 18.7 Å². The highest BCUT2D eigenvalue weighted by Gasteiger charge is 2.34. The number of amides is 2. The molecule has 2 aromatic rings. The Bertz CT molecular complexity index is 1400. The summed E-state index contributed by atoms with van der Waals surface area (Å²) < 4.78 is 20.2. The predicted octanol–water partition coefficient (Wildman–Crippen LogP) is 2.36. The van der Waals surface area contributed by atoms with Gasteiger partial charge in [-0.05, 0) is 87.5 Å². The van der Waals surface area contributed by atoms with E-state index in [0.717, 1.165) is 50.1 Å². The van der Waals surface area contributed by atoms with Crippen molar-refractivity contribution in [3.05, 3.63) is 58.4 Å².